The molecule has 3 amide bonds. The first-order valence-corrected chi connectivity index (χ1v) is 16.4. The maximum atomic E-state index is 13.2. The van der Waals surface area contributed by atoms with Gasteiger partial charge in [0.05, 0.1) is 11.6 Å². The molecule has 16 heteroatoms. The number of amides is 3. The normalized spacial score (nSPS) is 18.0. The third kappa shape index (κ3) is 16.1. The van der Waals surface area contributed by atoms with Gasteiger partial charge in [-0.15, -0.1) is 5.10 Å². The number of aromatic nitrogens is 3. The summed E-state index contributed by atoms with van der Waals surface area (Å²) in [6, 6.07) is -0.905. The molecule has 46 heavy (non-hydrogen) atoms. The van der Waals surface area contributed by atoms with Gasteiger partial charge in [0.15, 0.2) is 0 Å². The van der Waals surface area contributed by atoms with Crippen molar-refractivity contribution in [3.63, 3.8) is 0 Å². The molecule has 1 aromatic heterocycles. The van der Waals surface area contributed by atoms with Crippen molar-refractivity contribution in [1.82, 2.24) is 52.0 Å². The molecule has 269 valence electrons. The number of aryl methyl sites for hydroxylation is 1. The second-order valence-electron chi connectivity index (χ2n) is 13.3. The van der Waals surface area contributed by atoms with Gasteiger partial charge in [0.2, 0.25) is 11.8 Å². The zero-order valence-electron chi connectivity index (χ0n) is 28.2. The van der Waals surface area contributed by atoms with Crippen LogP contribution in [0.15, 0.2) is 6.20 Å². The number of carbonyl (C=O) groups excluding carboxylic acids is 3. The Balaban J connectivity index is 0.0000106. The molecule has 0 bridgehead atoms. The fraction of sp³-hybridized carbons (Fsp3) is 0.833. The average Bonchev–Trinajstić information content (AvgIpc) is 3.44. The van der Waals surface area contributed by atoms with Crippen molar-refractivity contribution in [2.45, 2.75) is 85.5 Å². The zero-order chi connectivity index (χ0) is 33.2. The van der Waals surface area contributed by atoms with Gasteiger partial charge in [-0.25, -0.2) is 5.48 Å². The minimum atomic E-state index is -1.75. The molecule has 0 aromatic carbocycles. The Kier molecular flexibility index (Phi) is 20.4. The molecule has 15 nitrogen and oxygen atoms in total. The van der Waals surface area contributed by atoms with Gasteiger partial charge in [-0.1, -0.05) is 39.8 Å². The van der Waals surface area contributed by atoms with Crippen LogP contribution in [-0.4, -0.2) is 119 Å². The van der Waals surface area contributed by atoms with Gasteiger partial charge in [0.1, 0.15) is 12.1 Å². The molecule has 1 aromatic rings. The minimum Gasteiger partial charge on any atom is -0.382 e. The first-order valence-electron chi connectivity index (χ1n) is 16.4. The number of nitrogens with one attached hydrogen (secondary N) is 6. The largest absolute Gasteiger partial charge is 0.382 e. The smallest absolute Gasteiger partial charge is 0.272 e. The number of aliphatic hydroxyl groups excluding tert-OH is 1. The fourth-order valence-corrected chi connectivity index (χ4v) is 5.19. The molecule has 1 radical (unpaired) electrons. The van der Waals surface area contributed by atoms with E-state index in [0.717, 1.165) is 77.4 Å². The van der Waals surface area contributed by atoms with E-state index in [9.17, 15) is 19.5 Å². The van der Waals surface area contributed by atoms with E-state index >= 15 is 0 Å². The topological polar surface area (TPSA) is 198 Å². The number of hydrogen-bond donors (Lipinski definition) is 8. The maximum Gasteiger partial charge on any atom is 0.272 e. The van der Waals surface area contributed by atoms with Crippen LogP contribution >= 0.6 is 0 Å². The quantitative estimate of drug-likeness (QED) is 0.0555. The Morgan fingerprint density at radius 2 is 1.61 bits per heavy atom. The summed E-state index contributed by atoms with van der Waals surface area (Å²) >= 11 is 0. The van der Waals surface area contributed by atoms with Gasteiger partial charge in [-0.05, 0) is 63.2 Å². The van der Waals surface area contributed by atoms with Crippen LogP contribution in [0.5, 0.6) is 0 Å². The van der Waals surface area contributed by atoms with E-state index in [2.05, 4.69) is 41.8 Å². The fourth-order valence-electron chi connectivity index (χ4n) is 5.19. The molecule has 1 saturated heterocycles. The van der Waals surface area contributed by atoms with Gasteiger partial charge in [0, 0.05) is 69.1 Å². The molecule has 3 atom stereocenters. The molecule has 2 heterocycles. The van der Waals surface area contributed by atoms with Crippen molar-refractivity contribution < 1.29 is 41.8 Å². The monoisotopic (exact) mass is 701 g/mol. The van der Waals surface area contributed by atoms with Crippen LogP contribution in [0.2, 0.25) is 0 Å². The summed E-state index contributed by atoms with van der Waals surface area (Å²) in [5.74, 6) is -3.20. The summed E-state index contributed by atoms with van der Waals surface area (Å²) in [6.07, 6.45) is 3.17. The van der Waals surface area contributed by atoms with E-state index in [0.29, 0.717) is 19.5 Å². The summed E-state index contributed by atoms with van der Waals surface area (Å²) < 4.78 is 1.78. The van der Waals surface area contributed by atoms with Crippen molar-refractivity contribution in [3.05, 3.63) is 11.9 Å². The number of hydrogen-bond acceptors (Lipinski definition) is 11. The molecular weight excluding hydrogens is 644 g/mol. The van der Waals surface area contributed by atoms with Crippen molar-refractivity contribution in [3.8, 4) is 0 Å². The zero-order valence-corrected chi connectivity index (χ0v) is 29.1. The standard InChI is InChI=1S/C30H58N10O5.Cu/c1-22(2)19-24(25(41)28(43)37-45)27(42)35-26(30(3,4)5)29(44)34-12-8-17-40-21-23(36-38-40)20-39-16-7-11-32-14-13-31-9-6-10-33-15-18-39;/h21-22,24-26,31-33,41,45H,6-20H2,1-5H3,(H,34,44)(H,35,42)(H,37,43);/t24-,25+,26-;/m1./s1. The van der Waals surface area contributed by atoms with Crippen LogP contribution in [0.1, 0.15) is 66.0 Å². The van der Waals surface area contributed by atoms with E-state index in [-0.39, 0.29) is 35.3 Å². The number of carbonyl (C=O) groups is 3. The number of aliphatic hydroxyl groups is 1. The van der Waals surface area contributed by atoms with E-state index in [1.54, 1.807) is 4.68 Å². The molecule has 0 unspecified atom stereocenters. The third-order valence-electron chi connectivity index (χ3n) is 7.69. The summed E-state index contributed by atoms with van der Waals surface area (Å²) in [4.78, 5) is 40.6. The third-order valence-corrected chi connectivity index (χ3v) is 7.69. The molecule has 0 spiro atoms. The van der Waals surface area contributed by atoms with Crippen molar-refractivity contribution >= 4 is 17.7 Å². The molecule has 0 aliphatic carbocycles. The first kappa shape index (κ1) is 41.9. The van der Waals surface area contributed by atoms with Crippen LogP contribution in [0.3, 0.4) is 0 Å². The molecule has 1 aliphatic rings. The predicted molar refractivity (Wildman–Crippen MR) is 171 cm³/mol. The van der Waals surface area contributed by atoms with Gasteiger partial charge in [-0.2, -0.15) is 0 Å². The molecule has 0 saturated carbocycles. The predicted octanol–water partition coefficient (Wildman–Crippen LogP) is -0.794. The van der Waals surface area contributed by atoms with Gasteiger partial charge in [0.25, 0.3) is 5.91 Å². The number of rotatable bonds is 13. The summed E-state index contributed by atoms with van der Waals surface area (Å²) in [5.41, 5.74) is 1.66. The van der Waals surface area contributed by atoms with E-state index < -0.39 is 35.3 Å². The first-order chi connectivity index (χ1) is 21.4. The average molecular weight is 702 g/mol. The van der Waals surface area contributed by atoms with Crippen molar-refractivity contribution in [2.24, 2.45) is 17.3 Å². The Morgan fingerprint density at radius 3 is 2.24 bits per heavy atom. The van der Waals surface area contributed by atoms with Gasteiger partial charge >= 0.3 is 0 Å². The second kappa shape index (κ2) is 22.4. The Bertz CT molecular complexity index is 1010. The van der Waals surface area contributed by atoms with Crippen LogP contribution in [0.25, 0.3) is 0 Å². The Labute approximate surface area is 284 Å². The maximum absolute atomic E-state index is 13.2. The minimum absolute atomic E-state index is 0. The SMILES string of the molecule is CC(C)C[C@@H](C(=O)N[C@H](C(=O)NCCCn1cc(CN2CCCNCCNCCCNCC2)nn1)C(C)(C)C)[C@H](O)C(=O)NO.[Cu]. The molecule has 1 aliphatic heterocycles. The van der Waals surface area contributed by atoms with Crippen molar-refractivity contribution in [2.75, 3.05) is 58.9 Å². The van der Waals surface area contributed by atoms with Crippen molar-refractivity contribution in [1.29, 1.82) is 0 Å². The van der Waals surface area contributed by atoms with E-state index in [1.807, 2.05) is 40.8 Å². The van der Waals surface area contributed by atoms with Gasteiger partial charge < -0.3 is 31.7 Å². The van der Waals surface area contributed by atoms with Crippen LogP contribution in [0.4, 0.5) is 0 Å². The van der Waals surface area contributed by atoms with E-state index in [1.165, 1.54) is 5.48 Å². The number of nitrogens with zero attached hydrogens (tertiary/aromatic N) is 4. The van der Waals surface area contributed by atoms with E-state index in [4.69, 9.17) is 5.21 Å². The summed E-state index contributed by atoms with van der Waals surface area (Å²) in [7, 11) is 0. The van der Waals surface area contributed by atoms with Gasteiger partial charge in [-0.3, -0.25) is 29.2 Å². The Morgan fingerprint density at radius 1 is 0.957 bits per heavy atom. The number of hydroxylamine groups is 1. The van der Waals surface area contributed by atoms with Crippen LogP contribution < -0.4 is 32.1 Å². The molecular formula is C30H58CuN10O5. The Hall–Kier alpha value is -2.17. The molecule has 2 rings (SSSR count). The van der Waals surface area contributed by atoms with Crippen LogP contribution in [-0.2, 0) is 44.5 Å². The second-order valence-corrected chi connectivity index (χ2v) is 13.3. The summed E-state index contributed by atoms with van der Waals surface area (Å²) in [5, 5.41) is 44.0. The molecule has 8 N–H and O–H groups in total. The van der Waals surface area contributed by atoms with Crippen LogP contribution in [0, 0.1) is 17.3 Å². The molecule has 1 fully saturated rings. The summed E-state index contributed by atoms with van der Waals surface area (Å²) in [6.45, 7) is 18.6.